The Hall–Kier alpha value is -4.08. The van der Waals surface area contributed by atoms with Crippen molar-refractivity contribution >= 4 is 23.2 Å². The normalized spacial score (nSPS) is 20.2. The molecule has 1 fully saturated rings. The molecule has 9 heteroatoms. The molecule has 0 spiro atoms. The van der Waals surface area contributed by atoms with Gasteiger partial charge in [0.1, 0.15) is 0 Å². The van der Waals surface area contributed by atoms with E-state index in [1.165, 1.54) is 53.6 Å². The quantitative estimate of drug-likeness (QED) is 0.521. The number of nitrogens with zero attached hydrogens (tertiary/aromatic N) is 3. The molecule has 35 heavy (non-hydrogen) atoms. The number of thiophene rings is 1. The SMILES string of the molecule is CN1C(=N)N[C@](C)(c2cc(-c3cc(C#N)cc(C#N)c3)cs2)C(c2ccc(C(C)(F)F)cc2)C1=O. The van der Waals surface area contributed by atoms with Crippen LogP contribution in [-0.2, 0) is 16.3 Å². The Labute approximate surface area is 205 Å². The minimum Gasteiger partial charge on any atom is -0.345 e. The van der Waals surface area contributed by atoms with E-state index in [9.17, 15) is 24.1 Å². The summed E-state index contributed by atoms with van der Waals surface area (Å²) in [5.74, 6) is -4.19. The molecular formula is C26H21F2N5OS. The van der Waals surface area contributed by atoms with Gasteiger partial charge in [0.05, 0.1) is 34.7 Å². The topological polar surface area (TPSA) is 104 Å². The first-order valence-electron chi connectivity index (χ1n) is 10.6. The molecule has 0 aliphatic carbocycles. The number of nitrogens with one attached hydrogen (secondary N) is 2. The van der Waals surface area contributed by atoms with Gasteiger partial charge in [0.25, 0.3) is 5.92 Å². The highest BCUT2D eigenvalue weighted by molar-refractivity contribution is 7.10. The molecule has 2 aromatic carbocycles. The molecule has 2 N–H and O–H groups in total. The number of amides is 1. The van der Waals surface area contributed by atoms with Crippen LogP contribution in [0.1, 0.15) is 46.9 Å². The first-order valence-corrected chi connectivity index (χ1v) is 11.5. The van der Waals surface area contributed by atoms with E-state index in [1.54, 1.807) is 12.1 Å². The van der Waals surface area contributed by atoms with Crippen LogP contribution in [0.3, 0.4) is 0 Å². The lowest BCUT2D eigenvalue weighted by molar-refractivity contribution is -0.131. The van der Waals surface area contributed by atoms with Crippen LogP contribution in [0, 0.1) is 28.1 Å². The van der Waals surface area contributed by atoms with Crippen LogP contribution in [0.4, 0.5) is 8.78 Å². The molecule has 2 atom stereocenters. The number of alkyl halides is 2. The van der Waals surface area contributed by atoms with Crippen LogP contribution >= 0.6 is 11.3 Å². The zero-order valence-corrected chi connectivity index (χ0v) is 20.0. The lowest BCUT2D eigenvalue weighted by Crippen LogP contribution is -2.62. The molecule has 1 unspecified atom stereocenters. The molecule has 176 valence electrons. The third-order valence-corrected chi connectivity index (χ3v) is 7.42. The number of benzene rings is 2. The average Bonchev–Trinajstić information content (AvgIpc) is 3.33. The first kappa shape index (κ1) is 24.1. The Kier molecular flexibility index (Phi) is 5.92. The molecule has 0 radical (unpaired) electrons. The maximum absolute atomic E-state index is 13.8. The van der Waals surface area contributed by atoms with Crippen LogP contribution < -0.4 is 5.32 Å². The van der Waals surface area contributed by atoms with Crippen LogP contribution in [0.25, 0.3) is 11.1 Å². The Balaban J connectivity index is 1.81. The van der Waals surface area contributed by atoms with Crippen molar-refractivity contribution in [2.24, 2.45) is 0 Å². The number of carbonyl (C=O) groups excluding carboxylic acids is 1. The summed E-state index contributed by atoms with van der Waals surface area (Å²) >= 11 is 1.37. The second-order valence-electron chi connectivity index (χ2n) is 8.74. The van der Waals surface area contributed by atoms with E-state index < -0.39 is 17.4 Å². The highest BCUT2D eigenvalue weighted by atomic mass is 32.1. The zero-order valence-electron chi connectivity index (χ0n) is 19.2. The standard InChI is InChI=1S/C26H21F2N5OS/c1-25(21-11-19(14-35-21)18-9-15(12-29)8-16(10-18)13-30)22(23(34)33(3)24(31)32-25)17-4-6-20(7-5-17)26(2,27)28/h4-11,14,22H,1-3H3,(H2,31,32)/t22?,25-/m1/s1. The minimum absolute atomic E-state index is 0.0707. The summed E-state index contributed by atoms with van der Waals surface area (Å²) in [5, 5.41) is 31.9. The summed E-state index contributed by atoms with van der Waals surface area (Å²) in [6.45, 7) is 2.63. The molecule has 1 saturated heterocycles. The molecule has 1 aromatic heterocycles. The van der Waals surface area contributed by atoms with Crippen LogP contribution in [0.2, 0.25) is 0 Å². The van der Waals surface area contributed by atoms with Crippen molar-refractivity contribution in [3.63, 3.8) is 0 Å². The maximum atomic E-state index is 13.8. The number of hydrogen-bond acceptors (Lipinski definition) is 5. The third kappa shape index (κ3) is 4.27. The van der Waals surface area contributed by atoms with Crippen LogP contribution in [0.5, 0.6) is 0 Å². The van der Waals surface area contributed by atoms with Crippen molar-refractivity contribution in [1.82, 2.24) is 10.2 Å². The summed E-state index contributed by atoms with van der Waals surface area (Å²) < 4.78 is 27.5. The molecule has 6 nitrogen and oxygen atoms in total. The third-order valence-electron chi connectivity index (χ3n) is 6.26. The molecule has 0 saturated carbocycles. The summed E-state index contributed by atoms with van der Waals surface area (Å²) in [6, 6.07) is 16.6. The van der Waals surface area contributed by atoms with Gasteiger partial charge >= 0.3 is 0 Å². The van der Waals surface area contributed by atoms with Crippen molar-refractivity contribution in [2.75, 3.05) is 7.05 Å². The smallest absolute Gasteiger partial charge is 0.270 e. The number of rotatable bonds is 4. The summed E-state index contributed by atoms with van der Waals surface area (Å²) in [6.07, 6.45) is 0. The van der Waals surface area contributed by atoms with E-state index in [4.69, 9.17) is 5.41 Å². The second-order valence-corrected chi connectivity index (χ2v) is 9.65. The fourth-order valence-corrected chi connectivity index (χ4v) is 5.35. The van der Waals surface area contributed by atoms with Crippen molar-refractivity contribution in [3.05, 3.63) is 81.0 Å². The van der Waals surface area contributed by atoms with Gasteiger partial charge in [-0.05, 0) is 53.3 Å². The maximum Gasteiger partial charge on any atom is 0.270 e. The molecule has 1 aliphatic heterocycles. The van der Waals surface area contributed by atoms with Crippen molar-refractivity contribution in [2.45, 2.75) is 31.2 Å². The van der Waals surface area contributed by atoms with E-state index in [2.05, 4.69) is 17.5 Å². The number of carbonyl (C=O) groups is 1. The minimum atomic E-state index is -3.00. The average molecular weight is 490 g/mol. The Bertz CT molecular complexity index is 1380. The van der Waals surface area contributed by atoms with Crippen molar-refractivity contribution in [3.8, 4) is 23.3 Å². The van der Waals surface area contributed by atoms with E-state index in [0.717, 1.165) is 17.4 Å². The number of guanidine groups is 1. The van der Waals surface area contributed by atoms with Crippen LogP contribution in [-0.4, -0.2) is 23.8 Å². The Morgan fingerprint density at radius 3 is 2.23 bits per heavy atom. The number of nitriles is 2. The molecule has 0 bridgehead atoms. The number of hydrogen-bond donors (Lipinski definition) is 2. The van der Waals surface area contributed by atoms with E-state index in [0.29, 0.717) is 22.3 Å². The lowest BCUT2D eigenvalue weighted by atomic mass is 9.76. The number of likely N-dealkylation sites (N-methyl/N-ethyl adjacent to an activating group) is 1. The predicted octanol–water partition coefficient (Wildman–Crippen LogP) is 5.27. The first-order chi connectivity index (χ1) is 16.5. The largest absolute Gasteiger partial charge is 0.345 e. The second kappa shape index (κ2) is 8.61. The van der Waals surface area contributed by atoms with Gasteiger partial charge in [0, 0.05) is 24.4 Å². The van der Waals surface area contributed by atoms with Gasteiger partial charge in [0.15, 0.2) is 5.96 Å². The fraction of sp³-hybridized carbons (Fsp3) is 0.231. The van der Waals surface area contributed by atoms with Gasteiger partial charge in [0.2, 0.25) is 5.91 Å². The fourth-order valence-electron chi connectivity index (χ4n) is 4.28. The molecular weight excluding hydrogens is 468 g/mol. The Morgan fingerprint density at radius 2 is 1.69 bits per heavy atom. The van der Waals surface area contributed by atoms with Gasteiger partial charge in [-0.3, -0.25) is 15.1 Å². The van der Waals surface area contributed by atoms with Gasteiger partial charge in [-0.15, -0.1) is 11.3 Å². The van der Waals surface area contributed by atoms with Gasteiger partial charge in [-0.1, -0.05) is 24.3 Å². The van der Waals surface area contributed by atoms with E-state index in [-0.39, 0.29) is 17.4 Å². The van der Waals surface area contributed by atoms with Crippen LogP contribution in [0.15, 0.2) is 53.9 Å². The molecule has 4 rings (SSSR count). The molecule has 1 amide bonds. The van der Waals surface area contributed by atoms with Gasteiger partial charge in [-0.2, -0.15) is 10.5 Å². The highest BCUT2D eigenvalue weighted by Crippen LogP contribution is 2.44. The van der Waals surface area contributed by atoms with Gasteiger partial charge < -0.3 is 5.32 Å². The summed E-state index contributed by atoms with van der Waals surface area (Å²) in [7, 11) is 1.50. The monoisotopic (exact) mass is 489 g/mol. The number of halogens is 2. The van der Waals surface area contributed by atoms with Crippen molar-refractivity contribution in [1.29, 1.82) is 15.9 Å². The molecule has 3 aromatic rings. The summed E-state index contributed by atoms with van der Waals surface area (Å²) in [5.41, 5.74) is 1.53. The van der Waals surface area contributed by atoms with E-state index in [1.807, 2.05) is 18.4 Å². The van der Waals surface area contributed by atoms with Crippen molar-refractivity contribution < 1.29 is 13.6 Å². The zero-order chi connectivity index (χ0) is 25.5. The molecule has 1 aliphatic rings. The van der Waals surface area contributed by atoms with E-state index >= 15 is 0 Å². The Morgan fingerprint density at radius 1 is 1.09 bits per heavy atom. The molecule has 2 heterocycles. The highest BCUT2D eigenvalue weighted by Gasteiger charge is 2.49. The predicted molar refractivity (Wildman–Crippen MR) is 129 cm³/mol. The lowest BCUT2D eigenvalue weighted by Gasteiger charge is -2.45. The summed E-state index contributed by atoms with van der Waals surface area (Å²) in [4.78, 5) is 15.3. The van der Waals surface area contributed by atoms with Gasteiger partial charge in [-0.25, -0.2) is 8.78 Å².